The Hall–Kier alpha value is -3.62. The summed E-state index contributed by atoms with van der Waals surface area (Å²) in [5, 5.41) is 2.77. The van der Waals surface area contributed by atoms with Crippen LogP contribution in [0.25, 0.3) is 6.08 Å². The molecule has 1 aliphatic heterocycles. The quantitative estimate of drug-likeness (QED) is 0.349. The number of benzene rings is 3. The molecular weight excluding hydrogens is 468 g/mol. The first kappa shape index (κ1) is 23.5. The summed E-state index contributed by atoms with van der Waals surface area (Å²) in [7, 11) is 1.52. The number of anilines is 1. The Labute approximate surface area is 207 Å². The van der Waals surface area contributed by atoms with Gasteiger partial charge in [0.25, 0.3) is 11.8 Å². The number of ether oxygens (including phenoxy) is 2. The Morgan fingerprint density at radius 1 is 1.03 bits per heavy atom. The van der Waals surface area contributed by atoms with E-state index in [4.69, 9.17) is 21.7 Å². The van der Waals surface area contributed by atoms with E-state index < -0.39 is 0 Å². The molecule has 3 aromatic carbocycles. The molecule has 0 spiro atoms. The third kappa shape index (κ3) is 5.84. The first-order chi connectivity index (χ1) is 16.5. The maximum absolute atomic E-state index is 12.9. The lowest BCUT2D eigenvalue weighted by atomic mass is 10.1. The van der Waals surface area contributed by atoms with Crippen LogP contribution in [-0.2, 0) is 16.1 Å². The number of rotatable bonds is 8. The van der Waals surface area contributed by atoms with Gasteiger partial charge in [-0.25, -0.2) is 0 Å². The minimum atomic E-state index is -0.278. The molecule has 2 amide bonds. The minimum Gasteiger partial charge on any atom is -0.493 e. The van der Waals surface area contributed by atoms with Gasteiger partial charge in [-0.05, 0) is 41.5 Å². The van der Waals surface area contributed by atoms with E-state index in [9.17, 15) is 9.59 Å². The highest BCUT2D eigenvalue weighted by Gasteiger charge is 2.32. The van der Waals surface area contributed by atoms with Crippen LogP contribution in [0.15, 0.2) is 83.8 Å². The zero-order chi connectivity index (χ0) is 23.9. The number of nitrogens with zero attached hydrogens (tertiary/aromatic N) is 1. The molecule has 0 atom stereocenters. The number of hydrogen-bond acceptors (Lipinski definition) is 6. The van der Waals surface area contributed by atoms with Gasteiger partial charge in [-0.2, -0.15) is 0 Å². The molecule has 0 saturated carbocycles. The van der Waals surface area contributed by atoms with Crippen molar-refractivity contribution in [1.82, 2.24) is 4.90 Å². The van der Waals surface area contributed by atoms with Crippen molar-refractivity contribution in [2.24, 2.45) is 0 Å². The molecule has 1 saturated heterocycles. The lowest BCUT2D eigenvalue weighted by Crippen LogP contribution is -2.27. The Balaban J connectivity index is 1.42. The molecule has 0 aliphatic carbocycles. The molecule has 6 nitrogen and oxygen atoms in total. The van der Waals surface area contributed by atoms with Crippen molar-refractivity contribution in [2.45, 2.75) is 6.54 Å². The third-order valence-electron chi connectivity index (χ3n) is 4.96. The van der Waals surface area contributed by atoms with Crippen LogP contribution in [0.5, 0.6) is 11.5 Å². The zero-order valence-electron chi connectivity index (χ0n) is 18.4. The van der Waals surface area contributed by atoms with Crippen molar-refractivity contribution in [3.63, 3.8) is 0 Å². The number of thiocarbonyl (C=S) groups is 1. The number of nitrogens with one attached hydrogen (secondary N) is 1. The summed E-state index contributed by atoms with van der Waals surface area (Å²) in [5.74, 6) is 0.482. The molecular formula is C26H22N2O4S2. The molecule has 0 unspecified atom stereocenters. The predicted molar refractivity (Wildman–Crippen MR) is 139 cm³/mol. The van der Waals surface area contributed by atoms with Crippen molar-refractivity contribution >= 4 is 51.9 Å². The van der Waals surface area contributed by atoms with Gasteiger partial charge in [0, 0.05) is 5.69 Å². The highest BCUT2D eigenvalue weighted by molar-refractivity contribution is 8.26. The molecule has 1 N–H and O–H groups in total. The number of methoxy groups -OCH3 is 1. The van der Waals surface area contributed by atoms with E-state index >= 15 is 0 Å². The predicted octanol–water partition coefficient (Wildman–Crippen LogP) is 5.11. The van der Waals surface area contributed by atoms with E-state index in [0.717, 1.165) is 11.1 Å². The second-order valence-corrected chi connectivity index (χ2v) is 9.04. The van der Waals surface area contributed by atoms with Crippen LogP contribution in [0.3, 0.4) is 0 Å². The molecule has 1 aliphatic rings. The summed E-state index contributed by atoms with van der Waals surface area (Å²) < 4.78 is 11.6. The van der Waals surface area contributed by atoms with Gasteiger partial charge in [0.05, 0.1) is 18.6 Å². The van der Waals surface area contributed by atoms with E-state index in [1.165, 1.54) is 18.9 Å². The van der Waals surface area contributed by atoms with Gasteiger partial charge in [-0.3, -0.25) is 14.5 Å². The third-order valence-corrected chi connectivity index (χ3v) is 6.34. The summed E-state index contributed by atoms with van der Waals surface area (Å²) >= 11 is 6.70. The summed E-state index contributed by atoms with van der Waals surface area (Å²) in [6.45, 7) is 0.271. The second kappa shape index (κ2) is 11.0. The summed E-state index contributed by atoms with van der Waals surface area (Å²) in [6, 6.07) is 24.2. The number of para-hydroxylation sites is 1. The number of carbonyl (C=O) groups is 2. The Morgan fingerprint density at radius 3 is 2.44 bits per heavy atom. The first-order valence-electron chi connectivity index (χ1n) is 10.5. The molecule has 0 aromatic heterocycles. The van der Waals surface area contributed by atoms with Crippen molar-refractivity contribution < 1.29 is 19.1 Å². The van der Waals surface area contributed by atoms with Crippen LogP contribution in [-0.4, -0.2) is 34.8 Å². The molecule has 0 bridgehead atoms. The number of hydrogen-bond donors (Lipinski definition) is 1. The summed E-state index contributed by atoms with van der Waals surface area (Å²) in [4.78, 5) is 27.2. The highest BCUT2D eigenvalue weighted by Crippen LogP contribution is 2.35. The Morgan fingerprint density at radius 2 is 1.74 bits per heavy atom. The van der Waals surface area contributed by atoms with E-state index in [1.54, 1.807) is 41.3 Å². The minimum absolute atomic E-state index is 0.129. The average molecular weight is 491 g/mol. The fourth-order valence-electron chi connectivity index (χ4n) is 3.31. The smallest absolute Gasteiger partial charge is 0.266 e. The lowest BCUT2D eigenvalue weighted by Gasteiger charge is -2.14. The van der Waals surface area contributed by atoms with Gasteiger partial charge in [-0.15, -0.1) is 0 Å². The first-order valence-corrected chi connectivity index (χ1v) is 11.7. The van der Waals surface area contributed by atoms with Crippen LogP contribution in [0, 0.1) is 0 Å². The largest absolute Gasteiger partial charge is 0.493 e. The summed E-state index contributed by atoms with van der Waals surface area (Å²) in [5.41, 5.74) is 2.47. The van der Waals surface area contributed by atoms with E-state index in [1.807, 2.05) is 48.5 Å². The van der Waals surface area contributed by atoms with Gasteiger partial charge in [-0.1, -0.05) is 78.6 Å². The Bertz CT molecular complexity index is 1230. The second-order valence-electron chi connectivity index (χ2n) is 7.37. The molecule has 4 rings (SSSR count). The fraction of sp³-hybridized carbons (Fsp3) is 0.115. The van der Waals surface area contributed by atoms with Crippen LogP contribution < -0.4 is 14.8 Å². The SMILES string of the molecule is COc1cc(/C=C2/SC(=S)N(Cc3ccccc3)C2=O)ccc1OCC(=O)Nc1ccccc1. The van der Waals surface area contributed by atoms with Gasteiger partial charge in [0.15, 0.2) is 18.1 Å². The van der Waals surface area contributed by atoms with Gasteiger partial charge in [0.1, 0.15) is 4.32 Å². The lowest BCUT2D eigenvalue weighted by molar-refractivity contribution is -0.122. The van der Waals surface area contributed by atoms with Crippen LogP contribution in [0.2, 0.25) is 0 Å². The molecule has 3 aromatic rings. The van der Waals surface area contributed by atoms with E-state index in [0.29, 0.717) is 33.0 Å². The van der Waals surface area contributed by atoms with Crippen LogP contribution in [0.4, 0.5) is 5.69 Å². The maximum atomic E-state index is 12.9. The zero-order valence-corrected chi connectivity index (χ0v) is 20.0. The molecule has 34 heavy (non-hydrogen) atoms. The molecule has 1 fully saturated rings. The topological polar surface area (TPSA) is 67.9 Å². The molecule has 172 valence electrons. The fourth-order valence-corrected chi connectivity index (χ4v) is 4.56. The number of amides is 2. The van der Waals surface area contributed by atoms with Crippen LogP contribution >= 0.6 is 24.0 Å². The molecule has 1 heterocycles. The van der Waals surface area contributed by atoms with E-state index in [2.05, 4.69) is 5.32 Å². The van der Waals surface area contributed by atoms with Crippen molar-refractivity contribution in [1.29, 1.82) is 0 Å². The molecule has 8 heteroatoms. The number of thioether (sulfide) groups is 1. The number of carbonyl (C=O) groups excluding carboxylic acids is 2. The van der Waals surface area contributed by atoms with E-state index in [-0.39, 0.29) is 18.4 Å². The molecule has 0 radical (unpaired) electrons. The monoisotopic (exact) mass is 490 g/mol. The maximum Gasteiger partial charge on any atom is 0.266 e. The van der Waals surface area contributed by atoms with Gasteiger partial charge in [0.2, 0.25) is 0 Å². The van der Waals surface area contributed by atoms with Crippen molar-refractivity contribution in [3.05, 3.63) is 94.9 Å². The summed E-state index contributed by atoms with van der Waals surface area (Å²) in [6.07, 6.45) is 1.78. The van der Waals surface area contributed by atoms with Gasteiger partial charge >= 0.3 is 0 Å². The normalized spacial score (nSPS) is 14.4. The van der Waals surface area contributed by atoms with Gasteiger partial charge < -0.3 is 14.8 Å². The average Bonchev–Trinajstić information content (AvgIpc) is 3.11. The van der Waals surface area contributed by atoms with Crippen LogP contribution in [0.1, 0.15) is 11.1 Å². The standard InChI is InChI=1S/C26H22N2O4S2/c1-31-22-14-19(12-13-21(22)32-17-24(29)27-20-10-6-3-7-11-20)15-23-25(30)28(26(33)34-23)16-18-8-4-2-5-9-18/h2-15H,16-17H2,1H3,(H,27,29)/b23-15+. The van der Waals surface area contributed by atoms with Crippen molar-refractivity contribution in [3.8, 4) is 11.5 Å². The Kier molecular flexibility index (Phi) is 7.61. The highest BCUT2D eigenvalue weighted by atomic mass is 32.2. The van der Waals surface area contributed by atoms with Crippen molar-refractivity contribution in [2.75, 3.05) is 19.0 Å².